The molecule has 3 rings (SSSR count). The second-order valence-electron chi connectivity index (χ2n) is 8.23. The highest BCUT2D eigenvalue weighted by Gasteiger charge is 2.52. The van der Waals surface area contributed by atoms with Gasteiger partial charge in [-0.05, 0) is 44.8 Å². The molecular weight excluding hydrogens is 419 g/mol. The molecule has 2 heterocycles. The van der Waals surface area contributed by atoms with Crippen LogP contribution in [0.1, 0.15) is 38.8 Å². The third-order valence-corrected chi connectivity index (χ3v) is 5.55. The molecule has 0 bridgehead atoms. The highest BCUT2D eigenvalue weighted by molar-refractivity contribution is 6.56. The van der Waals surface area contributed by atoms with E-state index in [9.17, 15) is 4.79 Å². The third kappa shape index (κ3) is 5.75. The summed E-state index contributed by atoms with van der Waals surface area (Å²) in [7, 11) is -0.703. The standard InChI is InChI=1S/C21H26BClN4O4/c1-20(2)21(3,4)31-22(30-20)16(10-15-11-17(23)26-27-18(15)24)12-25-19(28)29-13-14-8-6-5-7-9-14/h5-11H,12-13H2,1-4H3,(H2,24,27)(H,25,28). The number of hydrogen-bond donors (Lipinski definition) is 2. The molecule has 31 heavy (non-hydrogen) atoms. The normalized spacial score (nSPS) is 17.5. The molecule has 1 saturated heterocycles. The van der Waals surface area contributed by atoms with Crippen molar-refractivity contribution in [1.29, 1.82) is 0 Å². The average molecular weight is 445 g/mol. The van der Waals surface area contributed by atoms with Crippen LogP contribution in [0, 0.1) is 0 Å². The molecule has 0 aliphatic carbocycles. The number of carbonyl (C=O) groups is 1. The zero-order valence-electron chi connectivity index (χ0n) is 18.0. The first kappa shape index (κ1) is 23.1. The van der Waals surface area contributed by atoms with Crippen LogP contribution in [-0.4, -0.2) is 41.2 Å². The van der Waals surface area contributed by atoms with Gasteiger partial charge in [0.05, 0.1) is 11.2 Å². The molecular formula is C21H26BClN4O4. The van der Waals surface area contributed by atoms with Gasteiger partial charge in [0.25, 0.3) is 0 Å². The molecule has 1 aromatic heterocycles. The van der Waals surface area contributed by atoms with E-state index in [1.807, 2.05) is 58.0 Å². The van der Waals surface area contributed by atoms with E-state index in [1.165, 1.54) is 0 Å². The third-order valence-electron chi connectivity index (χ3n) is 5.37. The molecule has 1 aliphatic rings. The van der Waals surface area contributed by atoms with E-state index >= 15 is 0 Å². The van der Waals surface area contributed by atoms with Gasteiger partial charge in [-0.2, -0.15) is 0 Å². The number of ether oxygens (including phenoxy) is 1. The first-order valence-corrected chi connectivity index (χ1v) is 10.2. The van der Waals surface area contributed by atoms with Gasteiger partial charge in [0.1, 0.15) is 6.61 Å². The molecule has 0 radical (unpaired) electrons. The number of anilines is 1. The van der Waals surface area contributed by atoms with Crippen molar-refractivity contribution in [2.24, 2.45) is 0 Å². The smallest absolute Gasteiger partial charge is 0.445 e. The van der Waals surface area contributed by atoms with E-state index in [-0.39, 0.29) is 24.1 Å². The van der Waals surface area contributed by atoms with Gasteiger partial charge in [-0.3, -0.25) is 0 Å². The summed E-state index contributed by atoms with van der Waals surface area (Å²) in [5.41, 5.74) is 6.91. The molecule has 0 unspecified atom stereocenters. The number of hydrogen-bond acceptors (Lipinski definition) is 7. The van der Waals surface area contributed by atoms with E-state index in [0.29, 0.717) is 11.0 Å². The fourth-order valence-electron chi connectivity index (χ4n) is 2.85. The van der Waals surface area contributed by atoms with Crippen LogP contribution in [0.2, 0.25) is 5.15 Å². The topological polar surface area (TPSA) is 109 Å². The van der Waals surface area contributed by atoms with Gasteiger partial charge in [-0.25, -0.2) is 4.79 Å². The van der Waals surface area contributed by atoms with Crippen molar-refractivity contribution in [3.63, 3.8) is 0 Å². The minimum Gasteiger partial charge on any atom is -0.445 e. The highest BCUT2D eigenvalue weighted by atomic mass is 35.5. The van der Waals surface area contributed by atoms with Gasteiger partial charge >= 0.3 is 13.2 Å². The van der Waals surface area contributed by atoms with Crippen LogP contribution in [0.5, 0.6) is 0 Å². The Hall–Kier alpha value is -2.62. The number of alkyl carbamates (subject to hydrolysis) is 1. The quantitative estimate of drug-likeness (QED) is 0.654. The Kier molecular flexibility index (Phi) is 6.88. The molecule has 10 heteroatoms. The number of rotatable bonds is 6. The number of halogens is 1. The van der Waals surface area contributed by atoms with Crippen LogP contribution in [-0.2, 0) is 20.7 Å². The fraction of sp³-hybridized carbons (Fsp3) is 0.381. The minimum atomic E-state index is -0.703. The predicted octanol–water partition coefficient (Wildman–Crippen LogP) is 3.65. The number of amides is 1. The summed E-state index contributed by atoms with van der Waals surface area (Å²) in [6.45, 7) is 8.08. The maximum absolute atomic E-state index is 12.3. The molecule has 8 nitrogen and oxygen atoms in total. The van der Waals surface area contributed by atoms with Crippen molar-refractivity contribution in [3.05, 3.63) is 58.2 Å². The lowest BCUT2D eigenvalue weighted by Crippen LogP contribution is -2.41. The van der Waals surface area contributed by atoms with Gasteiger partial charge in [-0.15, -0.1) is 10.2 Å². The average Bonchev–Trinajstić information content (AvgIpc) is 2.94. The highest BCUT2D eigenvalue weighted by Crippen LogP contribution is 2.38. The zero-order chi connectivity index (χ0) is 22.6. The molecule has 1 fully saturated rings. The lowest BCUT2D eigenvalue weighted by Gasteiger charge is -2.32. The summed E-state index contributed by atoms with van der Waals surface area (Å²) in [5, 5.41) is 10.5. The van der Waals surface area contributed by atoms with E-state index in [2.05, 4.69) is 15.5 Å². The monoisotopic (exact) mass is 444 g/mol. The number of nitrogens with zero attached hydrogens (tertiary/aromatic N) is 2. The van der Waals surface area contributed by atoms with Gasteiger partial charge < -0.3 is 25.1 Å². The molecule has 164 valence electrons. The number of benzene rings is 1. The fourth-order valence-corrected chi connectivity index (χ4v) is 3.01. The zero-order valence-corrected chi connectivity index (χ0v) is 18.8. The second kappa shape index (κ2) is 9.26. The van der Waals surface area contributed by atoms with E-state index in [0.717, 1.165) is 5.56 Å². The first-order chi connectivity index (χ1) is 14.6. The molecule has 0 saturated carbocycles. The van der Waals surface area contributed by atoms with Gasteiger partial charge in [-0.1, -0.05) is 48.0 Å². The molecule has 2 aromatic rings. The Morgan fingerprint density at radius 2 is 1.84 bits per heavy atom. The Morgan fingerprint density at radius 3 is 2.48 bits per heavy atom. The summed E-state index contributed by atoms with van der Waals surface area (Å²) in [5.74, 6) is 0.199. The first-order valence-electron chi connectivity index (χ1n) is 9.87. The Balaban J connectivity index is 1.75. The Morgan fingerprint density at radius 1 is 1.19 bits per heavy atom. The minimum absolute atomic E-state index is 0.115. The van der Waals surface area contributed by atoms with Crippen LogP contribution in [0.4, 0.5) is 10.6 Å². The lowest BCUT2D eigenvalue weighted by molar-refractivity contribution is 0.00578. The van der Waals surface area contributed by atoms with E-state index in [1.54, 1.807) is 12.1 Å². The Labute approximate surface area is 187 Å². The van der Waals surface area contributed by atoms with Crippen molar-refractivity contribution in [2.45, 2.75) is 45.5 Å². The van der Waals surface area contributed by atoms with Crippen molar-refractivity contribution >= 4 is 36.7 Å². The summed E-state index contributed by atoms with van der Waals surface area (Å²) in [6, 6.07) is 11.0. The van der Waals surface area contributed by atoms with Crippen molar-refractivity contribution < 1.29 is 18.8 Å². The maximum atomic E-state index is 12.3. The molecule has 0 spiro atoms. The van der Waals surface area contributed by atoms with Crippen LogP contribution in [0.15, 0.2) is 41.9 Å². The van der Waals surface area contributed by atoms with E-state index < -0.39 is 24.4 Å². The van der Waals surface area contributed by atoms with E-state index in [4.69, 9.17) is 31.4 Å². The number of nitrogens with two attached hydrogens (primary N) is 1. The summed E-state index contributed by atoms with van der Waals surface area (Å²) in [4.78, 5) is 12.3. The van der Waals surface area contributed by atoms with Gasteiger partial charge in [0, 0.05) is 12.1 Å². The van der Waals surface area contributed by atoms with Crippen LogP contribution < -0.4 is 11.1 Å². The summed E-state index contributed by atoms with van der Waals surface area (Å²) in [6.07, 6.45) is 1.17. The second-order valence-corrected chi connectivity index (χ2v) is 8.62. The SMILES string of the molecule is CC1(C)OB(C(=Cc2cc(Cl)nnc2N)CNC(=O)OCc2ccccc2)OC1(C)C. The molecule has 0 atom stereocenters. The molecule has 3 N–H and O–H groups in total. The molecule has 1 aromatic carbocycles. The number of nitrogens with one attached hydrogen (secondary N) is 1. The Bertz CT molecular complexity index is 953. The lowest BCUT2D eigenvalue weighted by atomic mass is 9.77. The van der Waals surface area contributed by atoms with Crippen molar-refractivity contribution in [2.75, 3.05) is 12.3 Å². The van der Waals surface area contributed by atoms with Crippen molar-refractivity contribution in [1.82, 2.24) is 15.5 Å². The summed E-state index contributed by atoms with van der Waals surface area (Å²) < 4.78 is 17.6. The van der Waals surface area contributed by atoms with Gasteiger partial charge in [0.15, 0.2) is 11.0 Å². The number of carbonyl (C=O) groups excluding carboxylic acids is 1. The van der Waals surface area contributed by atoms with Gasteiger partial charge in [0.2, 0.25) is 0 Å². The van der Waals surface area contributed by atoms with Crippen molar-refractivity contribution in [3.8, 4) is 0 Å². The predicted molar refractivity (Wildman–Crippen MR) is 120 cm³/mol. The molecule has 1 aliphatic heterocycles. The summed E-state index contributed by atoms with van der Waals surface area (Å²) >= 11 is 5.97. The van der Waals surface area contributed by atoms with Crippen LogP contribution >= 0.6 is 11.6 Å². The largest absolute Gasteiger partial charge is 0.492 e. The molecule has 1 amide bonds. The van der Waals surface area contributed by atoms with Crippen LogP contribution in [0.25, 0.3) is 6.08 Å². The number of nitrogen functional groups attached to an aromatic ring is 1. The van der Waals surface area contributed by atoms with Crippen LogP contribution in [0.3, 0.4) is 0 Å². The number of aromatic nitrogens is 2. The maximum Gasteiger partial charge on any atom is 0.492 e.